The van der Waals surface area contributed by atoms with Crippen LogP contribution in [-0.2, 0) is 14.3 Å². The van der Waals surface area contributed by atoms with Crippen LogP contribution < -0.4 is 5.73 Å². The second kappa shape index (κ2) is 5.80. The van der Waals surface area contributed by atoms with Gasteiger partial charge in [0.15, 0.2) is 23.2 Å². The number of anilines is 1. The fourth-order valence-corrected chi connectivity index (χ4v) is 2.84. The van der Waals surface area contributed by atoms with Crippen LogP contribution in [0.1, 0.15) is 20.1 Å². The van der Waals surface area contributed by atoms with Gasteiger partial charge in [0.1, 0.15) is 23.8 Å². The molecule has 1 aliphatic heterocycles. The third-order valence-electron chi connectivity index (χ3n) is 3.79. The highest BCUT2D eigenvalue weighted by molar-refractivity contribution is 6.33. The summed E-state index contributed by atoms with van der Waals surface area (Å²) in [5.74, 6) is -0.672. The van der Waals surface area contributed by atoms with Gasteiger partial charge >= 0.3 is 5.97 Å². The van der Waals surface area contributed by atoms with Crippen molar-refractivity contribution < 1.29 is 23.8 Å². The molecule has 0 aliphatic carbocycles. The quantitative estimate of drug-likeness (QED) is 0.603. The molecular weight excluding hydrogens is 345 g/mol. The summed E-state index contributed by atoms with van der Waals surface area (Å²) in [6.07, 6.45) is -2.80. The molecule has 1 aliphatic rings. The lowest BCUT2D eigenvalue weighted by molar-refractivity contribution is -0.146. The number of fused-ring (bicyclic) bond motifs is 1. The first-order chi connectivity index (χ1) is 11.2. The average Bonchev–Trinajstić information content (AvgIpc) is 2.98. The fourth-order valence-electron chi connectivity index (χ4n) is 2.62. The number of rotatable bonds is 3. The Hall–Kier alpha value is -2.04. The third kappa shape index (κ3) is 2.66. The lowest BCUT2D eigenvalue weighted by atomic mass is 9.98. The normalized spacial score (nSPS) is 30.0. The number of nitrogen functional groups attached to an aromatic ring is 1. The van der Waals surface area contributed by atoms with Crippen LogP contribution in [0.3, 0.4) is 0 Å². The van der Waals surface area contributed by atoms with Gasteiger partial charge in [-0.15, -0.1) is 0 Å². The number of imidazole rings is 1. The van der Waals surface area contributed by atoms with Crippen LogP contribution in [0.25, 0.3) is 11.2 Å². The Kier molecular flexibility index (Phi) is 4.06. The molecule has 0 unspecified atom stereocenters. The monoisotopic (exact) mass is 359 g/mol. The lowest BCUT2D eigenvalue weighted by Gasteiger charge is -2.26. The molecule has 1 saturated heterocycles. The summed E-state index contributed by atoms with van der Waals surface area (Å²) in [5.41, 5.74) is 4.09. The Morgan fingerprint density at radius 2 is 2.33 bits per heavy atom. The molecular formula is C13H15ClFN5O4. The Morgan fingerprint density at radius 1 is 1.62 bits per heavy atom. The summed E-state index contributed by atoms with van der Waals surface area (Å²) in [6, 6.07) is 0. The molecule has 2 aromatic heterocycles. The van der Waals surface area contributed by atoms with E-state index in [0.29, 0.717) is 0 Å². The molecule has 0 bridgehead atoms. The smallest absolute Gasteiger partial charge is 0.302 e. The maximum Gasteiger partial charge on any atom is 0.302 e. The van der Waals surface area contributed by atoms with Gasteiger partial charge in [-0.05, 0) is 6.92 Å². The molecule has 2 aromatic rings. The van der Waals surface area contributed by atoms with E-state index in [0.717, 1.165) is 0 Å². The van der Waals surface area contributed by atoms with E-state index in [1.165, 1.54) is 24.7 Å². The average molecular weight is 360 g/mol. The van der Waals surface area contributed by atoms with E-state index in [2.05, 4.69) is 15.0 Å². The first kappa shape index (κ1) is 16.8. The van der Waals surface area contributed by atoms with Crippen molar-refractivity contribution >= 4 is 34.7 Å². The number of nitrogens with two attached hydrogens (primary N) is 1. The summed E-state index contributed by atoms with van der Waals surface area (Å²) in [4.78, 5) is 22.7. The molecule has 24 heavy (non-hydrogen) atoms. The van der Waals surface area contributed by atoms with Gasteiger partial charge in [-0.1, -0.05) is 11.6 Å². The van der Waals surface area contributed by atoms with Gasteiger partial charge in [0.2, 0.25) is 5.95 Å². The minimum Gasteiger partial charge on any atom is -0.463 e. The summed E-state index contributed by atoms with van der Waals surface area (Å²) in [7, 11) is 0. The van der Waals surface area contributed by atoms with Crippen molar-refractivity contribution in [1.29, 1.82) is 0 Å². The maximum atomic E-state index is 14.5. The molecule has 0 saturated carbocycles. The van der Waals surface area contributed by atoms with E-state index >= 15 is 0 Å². The van der Waals surface area contributed by atoms with E-state index < -0.39 is 30.1 Å². The molecule has 0 spiro atoms. The molecule has 3 N–H and O–H groups in total. The summed E-state index contributed by atoms with van der Waals surface area (Å²) in [6.45, 7) is 2.14. The minimum absolute atomic E-state index is 0.0298. The maximum absolute atomic E-state index is 14.5. The molecule has 0 radical (unpaired) electrons. The number of hydrogen-bond acceptors (Lipinski definition) is 8. The predicted molar refractivity (Wildman–Crippen MR) is 80.8 cm³/mol. The second-order valence-electron chi connectivity index (χ2n) is 5.65. The number of carbonyl (C=O) groups is 1. The van der Waals surface area contributed by atoms with Crippen LogP contribution in [-0.4, -0.2) is 55.1 Å². The SMILES string of the molecule is CC(=O)OC[C@H]1O[C@@H](n2cnc3c(Cl)nc(N)nc32)[C@](C)(O)[C@@H]1F. The Bertz CT molecular complexity index is 798. The van der Waals surface area contributed by atoms with Gasteiger partial charge in [-0.3, -0.25) is 9.36 Å². The summed E-state index contributed by atoms with van der Waals surface area (Å²) >= 11 is 5.95. The van der Waals surface area contributed by atoms with E-state index in [-0.39, 0.29) is 28.9 Å². The van der Waals surface area contributed by atoms with Crippen molar-refractivity contribution in [2.45, 2.75) is 38.0 Å². The molecule has 0 aromatic carbocycles. The van der Waals surface area contributed by atoms with E-state index in [9.17, 15) is 14.3 Å². The zero-order valence-electron chi connectivity index (χ0n) is 12.8. The number of esters is 1. The molecule has 0 amide bonds. The largest absolute Gasteiger partial charge is 0.463 e. The first-order valence-electron chi connectivity index (χ1n) is 7.02. The first-order valence-corrected chi connectivity index (χ1v) is 7.40. The number of aliphatic hydroxyl groups is 1. The van der Waals surface area contributed by atoms with Crippen molar-refractivity contribution in [3.63, 3.8) is 0 Å². The zero-order chi connectivity index (χ0) is 17.6. The van der Waals surface area contributed by atoms with Crippen molar-refractivity contribution in [3.8, 4) is 0 Å². The Morgan fingerprint density at radius 3 is 3.00 bits per heavy atom. The van der Waals surface area contributed by atoms with Gasteiger partial charge in [0, 0.05) is 6.92 Å². The summed E-state index contributed by atoms with van der Waals surface area (Å²) < 4.78 is 26.2. The van der Waals surface area contributed by atoms with Gasteiger partial charge < -0.3 is 20.3 Å². The van der Waals surface area contributed by atoms with Crippen molar-refractivity contribution in [3.05, 3.63) is 11.5 Å². The van der Waals surface area contributed by atoms with E-state index in [4.69, 9.17) is 26.8 Å². The number of halogens is 2. The molecule has 3 rings (SSSR count). The number of carbonyl (C=O) groups excluding carboxylic acids is 1. The Labute approximate surface area is 140 Å². The minimum atomic E-state index is -1.91. The van der Waals surface area contributed by atoms with Gasteiger partial charge in [0.05, 0.1) is 6.33 Å². The summed E-state index contributed by atoms with van der Waals surface area (Å²) in [5, 5.41) is 10.6. The number of alkyl halides is 1. The highest BCUT2D eigenvalue weighted by atomic mass is 35.5. The van der Waals surface area contributed by atoms with Crippen molar-refractivity contribution in [1.82, 2.24) is 19.5 Å². The number of ether oxygens (including phenoxy) is 2. The standard InChI is InChI=1S/C13H15ClFN5O4/c1-5(21)23-3-6-8(15)13(2,22)11(24-6)20-4-17-7-9(14)18-12(16)19-10(7)20/h4,6,8,11,22H,3H2,1-2H3,(H2,16,18,19)/t6-,8-,11-,13-/m1/s1. The van der Waals surface area contributed by atoms with E-state index in [1.54, 1.807) is 0 Å². The molecule has 1 fully saturated rings. The number of nitrogens with zero attached hydrogens (tertiary/aromatic N) is 4. The van der Waals surface area contributed by atoms with Crippen LogP contribution in [0.2, 0.25) is 5.15 Å². The molecule has 3 heterocycles. The zero-order valence-corrected chi connectivity index (χ0v) is 13.6. The topological polar surface area (TPSA) is 125 Å². The lowest BCUT2D eigenvalue weighted by Crippen LogP contribution is -2.41. The van der Waals surface area contributed by atoms with Crippen molar-refractivity contribution in [2.24, 2.45) is 0 Å². The Balaban J connectivity index is 1.98. The molecule has 11 heteroatoms. The highest BCUT2D eigenvalue weighted by Gasteiger charge is 2.55. The third-order valence-corrected chi connectivity index (χ3v) is 4.05. The molecule has 130 valence electrons. The van der Waals surface area contributed by atoms with Crippen LogP contribution in [0, 0.1) is 0 Å². The van der Waals surface area contributed by atoms with Crippen LogP contribution in [0.4, 0.5) is 10.3 Å². The van der Waals surface area contributed by atoms with Crippen LogP contribution in [0.15, 0.2) is 6.33 Å². The van der Waals surface area contributed by atoms with Crippen LogP contribution in [0.5, 0.6) is 0 Å². The fraction of sp³-hybridized carbons (Fsp3) is 0.538. The van der Waals surface area contributed by atoms with Gasteiger partial charge in [0.25, 0.3) is 0 Å². The van der Waals surface area contributed by atoms with Gasteiger partial charge in [-0.2, -0.15) is 9.97 Å². The van der Waals surface area contributed by atoms with Gasteiger partial charge in [-0.25, -0.2) is 9.37 Å². The number of hydrogen-bond donors (Lipinski definition) is 2. The highest BCUT2D eigenvalue weighted by Crippen LogP contribution is 2.41. The van der Waals surface area contributed by atoms with Crippen LogP contribution >= 0.6 is 11.6 Å². The molecule has 9 nitrogen and oxygen atoms in total. The van der Waals surface area contributed by atoms with E-state index in [1.807, 2.05) is 0 Å². The molecule has 4 atom stereocenters. The van der Waals surface area contributed by atoms with Crippen molar-refractivity contribution in [2.75, 3.05) is 12.3 Å². The second-order valence-corrected chi connectivity index (χ2v) is 6.01. The predicted octanol–water partition coefficient (Wildman–Crippen LogP) is 0.611. The number of aromatic nitrogens is 4.